The fourth-order valence-corrected chi connectivity index (χ4v) is 8.27. The highest BCUT2D eigenvalue weighted by Gasteiger charge is 2.22. The summed E-state index contributed by atoms with van der Waals surface area (Å²) in [6.07, 6.45) is -0.322. The van der Waals surface area contributed by atoms with Gasteiger partial charge in [0.25, 0.3) is 0 Å². The number of furan rings is 1. The molecule has 1 atom stereocenters. The number of nitrogens with one attached hydrogen (secondary N) is 1. The molecule has 0 bridgehead atoms. The van der Waals surface area contributed by atoms with E-state index in [2.05, 4.69) is 193 Å². The zero-order valence-corrected chi connectivity index (χ0v) is 32.1. The number of fused-ring (bicyclic) bond motifs is 4. The summed E-state index contributed by atoms with van der Waals surface area (Å²) in [7, 11) is 0. The fourth-order valence-electron chi connectivity index (χ4n) is 8.27. The van der Waals surface area contributed by atoms with E-state index >= 15 is 0 Å². The van der Waals surface area contributed by atoms with Gasteiger partial charge >= 0.3 is 0 Å². The molecular formula is C55H37N3O. The molecule has 1 unspecified atom stereocenters. The van der Waals surface area contributed by atoms with Gasteiger partial charge in [-0.25, -0.2) is 9.98 Å². The highest BCUT2D eigenvalue weighted by Crippen LogP contribution is 2.39. The SMILES string of the molecule is c1ccc(C2=NC(c3ccc4cc(-c5cccc6oc7ccc(-c8ccccc8)cc7c56)ccc4c3)NC(c3ccc(-c4ccc(-c5ccccc5)cc4)cc3)=N2)cc1. The summed E-state index contributed by atoms with van der Waals surface area (Å²) in [6.45, 7) is 0. The lowest BCUT2D eigenvalue weighted by Gasteiger charge is -2.24. The second-order valence-corrected chi connectivity index (χ2v) is 15.0. The predicted octanol–water partition coefficient (Wildman–Crippen LogP) is 13.9. The Balaban J connectivity index is 0.907. The van der Waals surface area contributed by atoms with Crippen LogP contribution in [0, 0.1) is 0 Å². The Bertz CT molecular complexity index is 3200. The summed E-state index contributed by atoms with van der Waals surface area (Å²) < 4.78 is 6.37. The molecule has 11 rings (SSSR count). The van der Waals surface area contributed by atoms with Crippen molar-refractivity contribution in [2.75, 3.05) is 0 Å². The van der Waals surface area contributed by atoms with Crippen molar-refractivity contribution < 1.29 is 4.42 Å². The minimum absolute atomic E-state index is 0.322. The minimum Gasteiger partial charge on any atom is -0.456 e. The number of hydrogen-bond donors (Lipinski definition) is 1. The quantitative estimate of drug-likeness (QED) is 0.176. The smallest absolute Gasteiger partial charge is 0.159 e. The first-order chi connectivity index (χ1) is 29.2. The van der Waals surface area contributed by atoms with Crippen LogP contribution in [0.1, 0.15) is 22.9 Å². The highest BCUT2D eigenvalue weighted by atomic mass is 16.3. The third kappa shape index (κ3) is 6.57. The second kappa shape index (κ2) is 14.6. The van der Waals surface area contributed by atoms with Gasteiger partial charge in [-0.2, -0.15) is 0 Å². The van der Waals surface area contributed by atoms with Gasteiger partial charge in [0, 0.05) is 21.9 Å². The normalized spacial score (nSPS) is 13.9. The van der Waals surface area contributed by atoms with Crippen molar-refractivity contribution in [1.82, 2.24) is 5.32 Å². The van der Waals surface area contributed by atoms with E-state index in [0.29, 0.717) is 5.84 Å². The number of hydrogen-bond acceptors (Lipinski definition) is 4. The van der Waals surface area contributed by atoms with Crippen LogP contribution in [-0.2, 0) is 0 Å². The summed E-state index contributed by atoms with van der Waals surface area (Å²) in [5.41, 5.74) is 14.2. The highest BCUT2D eigenvalue weighted by molar-refractivity contribution is 6.14. The predicted molar refractivity (Wildman–Crippen MR) is 245 cm³/mol. The number of nitrogens with zero attached hydrogens (tertiary/aromatic N) is 2. The van der Waals surface area contributed by atoms with Crippen molar-refractivity contribution in [1.29, 1.82) is 0 Å². The summed E-state index contributed by atoms with van der Waals surface area (Å²) in [4.78, 5) is 10.2. The molecule has 0 spiro atoms. The van der Waals surface area contributed by atoms with E-state index in [9.17, 15) is 0 Å². The van der Waals surface area contributed by atoms with Crippen LogP contribution < -0.4 is 5.32 Å². The van der Waals surface area contributed by atoms with E-state index in [1.54, 1.807) is 0 Å². The van der Waals surface area contributed by atoms with Gasteiger partial charge in [0.2, 0.25) is 0 Å². The third-order valence-electron chi connectivity index (χ3n) is 11.4. The summed E-state index contributed by atoms with van der Waals surface area (Å²) in [5, 5.41) is 8.23. The van der Waals surface area contributed by atoms with E-state index in [1.807, 2.05) is 24.3 Å². The molecule has 4 heteroatoms. The van der Waals surface area contributed by atoms with Crippen LogP contribution in [0.2, 0.25) is 0 Å². The monoisotopic (exact) mass is 755 g/mol. The van der Waals surface area contributed by atoms with Crippen molar-refractivity contribution in [3.8, 4) is 44.5 Å². The minimum atomic E-state index is -0.322. The van der Waals surface area contributed by atoms with E-state index in [1.165, 1.54) is 27.8 Å². The van der Waals surface area contributed by atoms with Gasteiger partial charge in [-0.05, 0) is 91.2 Å². The van der Waals surface area contributed by atoms with E-state index in [0.717, 1.165) is 71.9 Å². The number of amidine groups is 2. The third-order valence-corrected chi connectivity index (χ3v) is 11.4. The molecule has 2 heterocycles. The maximum atomic E-state index is 6.37. The molecule has 1 aliphatic heterocycles. The van der Waals surface area contributed by atoms with Crippen LogP contribution in [0.15, 0.2) is 227 Å². The molecule has 0 fully saturated rings. The molecule has 9 aromatic carbocycles. The summed E-state index contributed by atoms with van der Waals surface area (Å²) in [5.74, 6) is 1.50. The van der Waals surface area contributed by atoms with Crippen LogP contribution in [0.4, 0.5) is 0 Å². The van der Waals surface area contributed by atoms with Crippen LogP contribution >= 0.6 is 0 Å². The average molecular weight is 756 g/mol. The lowest BCUT2D eigenvalue weighted by molar-refractivity contribution is 0.669. The molecule has 1 aromatic heterocycles. The first-order valence-electron chi connectivity index (χ1n) is 20.0. The first-order valence-corrected chi connectivity index (χ1v) is 20.0. The Morgan fingerprint density at radius 2 is 0.932 bits per heavy atom. The van der Waals surface area contributed by atoms with Crippen molar-refractivity contribution in [3.63, 3.8) is 0 Å². The van der Waals surface area contributed by atoms with Crippen LogP contribution in [-0.4, -0.2) is 11.7 Å². The molecule has 4 nitrogen and oxygen atoms in total. The van der Waals surface area contributed by atoms with Crippen LogP contribution in [0.3, 0.4) is 0 Å². The lowest BCUT2D eigenvalue weighted by Crippen LogP contribution is -2.33. The summed E-state index contributed by atoms with van der Waals surface area (Å²) >= 11 is 0. The van der Waals surface area contributed by atoms with Crippen molar-refractivity contribution in [2.45, 2.75) is 6.17 Å². The molecule has 0 saturated heterocycles. The Kier molecular flexibility index (Phi) is 8.52. The van der Waals surface area contributed by atoms with Gasteiger partial charge in [-0.15, -0.1) is 0 Å². The maximum absolute atomic E-state index is 6.37. The Morgan fingerprint density at radius 3 is 1.61 bits per heavy atom. The molecule has 278 valence electrons. The molecule has 1 aliphatic rings. The zero-order chi connectivity index (χ0) is 39.1. The van der Waals surface area contributed by atoms with Gasteiger partial charge in [0.05, 0.1) is 0 Å². The van der Waals surface area contributed by atoms with Gasteiger partial charge in [0.15, 0.2) is 5.84 Å². The first kappa shape index (κ1) is 34.4. The van der Waals surface area contributed by atoms with Crippen molar-refractivity contribution in [3.05, 3.63) is 229 Å². The lowest BCUT2D eigenvalue weighted by atomic mass is 9.95. The number of benzene rings is 9. The molecule has 0 amide bonds. The van der Waals surface area contributed by atoms with Crippen LogP contribution in [0.5, 0.6) is 0 Å². The molecule has 1 N–H and O–H groups in total. The van der Waals surface area contributed by atoms with Crippen LogP contribution in [0.25, 0.3) is 77.2 Å². The van der Waals surface area contributed by atoms with E-state index in [4.69, 9.17) is 14.4 Å². The maximum Gasteiger partial charge on any atom is 0.159 e. The molecule has 0 aliphatic carbocycles. The van der Waals surface area contributed by atoms with Gasteiger partial charge in [0.1, 0.15) is 23.2 Å². The fraction of sp³-hybridized carbons (Fsp3) is 0.0182. The topological polar surface area (TPSA) is 49.9 Å². The Hall–Kier alpha value is -7.82. The van der Waals surface area contributed by atoms with Crippen molar-refractivity contribution in [2.24, 2.45) is 9.98 Å². The Labute approximate surface area is 342 Å². The second-order valence-electron chi connectivity index (χ2n) is 15.0. The number of aliphatic imine (C=N–C) groups is 2. The van der Waals surface area contributed by atoms with Gasteiger partial charge in [-0.1, -0.05) is 182 Å². The number of rotatable bonds is 7. The largest absolute Gasteiger partial charge is 0.456 e. The molecule has 10 aromatic rings. The Morgan fingerprint density at radius 1 is 0.390 bits per heavy atom. The molecular weight excluding hydrogens is 719 g/mol. The van der Waals surface area contributed by atoms with E-state index in [-0.39, 0.29) is 6.17 Å². The standard InChI is InChI=1S/C55H37N3O/c1-4-11-36(12-5-1)38-19-21-39(22-20-38)40-23-25-42(26-24-40)54-56-53(41-15-8-3-9-16-41)57-55(58-54)47-30-28-43-33-46(29-27-44(43)34-47)48-17-10-18-51-52(48)49-35-45(31-32-50(49)59-51)37-13-6-2-7-14-37/h1-35,55H,(H,56,57,58). The summed E-state index contributed by atoms with van der Waals surface area (Å²) in [6, 6.07) is 74.8. The average Bonchev–Trinajstić information content (AvgIpc) is 3.70. The molecule has 0 saturated carbocycles. The van der Waals surface area contributed by atoms with E-state index < -0.39 is 0 Å². The zero-order valence-electron chi connectivity index (χ0n) is 32.1. The molecule has 59 heavy (non-hydrogen) atoms. The van der Waals surface area contributed by atoms with Crippen molar-refractivity contribution >= 4 is 44.4 Å². The van der Waals surface area contributed by atoms with Gasteiger partial charge < -0.3 is 9.73 Å². The van der Waals surface area contributed by atoms with Gasteiger partial charge in [-0.3, -0.25) is 0 Å². The molecule has 0 radical (unpaired) electrons.